The number of carbonyl (C=O) groups excluding carboxylic acids is 2. The highest BCUT2D eigenvalue weighted by Gasteiger charge is 2.41. The Morgan fingerprint density at radius 3 is 2.56 bits per heavy atom. The number of amides is 2. The summed E-state index contributed by atoms with van der Waals surface area (Å²) in [5, 5.41) is 26.5. The van der Waals surface area contributed by atoms with Crippen molar-refractivity contribution in [3.63, 3.8) is 0 Å². The quantitative estimate of drug-likeness (QED) is 0.475. The van der Waals surface area contributed by atoms with E-state index in [-0.39, 0.29) is 11.6 Å². The van der Waals surface area contributed by atoms with Gasteiger partial charge in [-0.3, -0.25) is 19.5 Å². The molecule has 1 aliphatic heterocycles. The topological polar surface area (TPSA) is 115 Å². The third-order valence-electron chi connectivity index (χ3n) is 7.02. The molecule has 1 saturated heterocycles. The van der Waals surface area contributed by atoms with Crippen molar-refractivity contribution >= 4 is 11.8 Å². The first-order valence-electron chi connectivity index (χ1n) is 11.8. The van der Waals surface area contributed by atoms with Crippen LogP contribution >= 0.6 is 0 Å². The Hall–Kier alpha value is -3.02. The normalized spacial score (nSPS) is 27.0. The molecule has 2 amide bonds. The zero-order chi connectivity index (χ0) is 25.9. The van der Waals surface area contributed by atoms with Crippen molar-refractivity contribution in [3.05, 3.63) is 65.5 Å². The van der Waals surface area contributed by atoms with Gasteiger partial charge in [0.15, 0.2) is 0 Å². The first-order chi connectivity index (χ1) is 17.0. The van der Waals surface area contributed by atoms with E-state index in [1.54, 1.807) is 18.5 Å². The van der Waals surface area contributed by atoms with Crippen LogP contribution in [0.3, 0.4) is 0 Å². The summed E-state index contributed by atoms with van der Waals surface area (Å²) >= 11 is 0. The van der Waals surface area contributed by atoms with Crippen LogP contribution in [0, 0.1) is 0 Å². The van der Waals surface area contributed by atoms with Crippen LogP contribution in [0.15, 0.2) is 48.8 Å². The lowest BCUT2D eigenvalue weighted by atomic mass is 9.78. The van der Waals surface area contributed by atoms with E-state index < -0.39 is 47.8 Å². The zero-order valence-corrected chi connectivity index (χ0v) is 19.5. The lowest BCUT2D eigenvalue weighted by Crippen LogP contribution is -2.47. The highest BCUT2D eigenvalue weighted by atomic mass is 19.4. The lowest BCUT2D eigenvalue weighted by molar-refractivity contribution is -0.137. The number of hydrogen-bond donors (Lipinski definition) is 4. The summed E-state index contributed by atoms with van der Waals surface area (Å²) in [5.74, 6) is -1.34. The molecule has 36 heavy (non-hydrogen) atoms. The van der Waals surface area contributed by atoms with Crippen LogP contribution < -0.4 is 10.6 Å². The number of aromatic nitrogens is 1. The third kappa shape index (κ3) is 6.03. The molecule has 2 fully saturated rings. The van der Waals surface area contributed by atoms with Crippen LogP contribution in [0.5, 0.6) is 0 Å². The molecule has 2 aromatic rings. The Morgan fingerprint density at radius 1 is 1.14 bits per heavy atom. The van der Waals surface area contributed by atoms with Gasteiger partial charge in [0.05, 0.1) is 29.9 Å². The van der Waals surface area contributed by atoms with Crippen LogP contribution in [0.25, 0.3) is 0 Å². The minimum absolute atomic E-state index is 0.152. The Labute approximate surface area is 206 Å². The molecular formula is C25H29F3N4O4. The largest absolute Gasteiger partial charge is 0.416 e. The summed E-state index contributed by atoms with van der Waals surface area (Å²) in [6, 6.07) is 7.23. The molecule has 2 aliphatic rings. The molecule has 0 unspecified atom stereocenters. The summed E-state index contributed by atoms with van der Waals surface area (Å²) in [6.45, 7) is 0.363. The average Bonchev–Trinajstić information content (AvgIpc) is 3.22. The number of nitrogens with one attached hydrogen (secondary N) is 2. The number of rotatable bonds is 6. The van der Waals surface area contributed by atoms with Gasteiger partial charge in [-0.25, -0.2) is 0 Å². The first kappa shape index (κ1) is 26.1. The van der Waals surface area contributed by atoms with Crippen LogP contribution in [0.4, 0.5) is 13.2 Å². The summed E-state index contributed by atoms with van der Waals surface area (Å²) < 4.78 is 38.6. The van der Waals surface area contributed by atoms with Gasteiger partial charge in [0.1, 0.15) is 0 Å². The number of halogens is 3. The van der Waals surface area contributed by atoms with E-state index in [9.17, 15) is 33.0 Å². The summed E-state index contributed by atoms with van der Waals surface area (Å²) in [7, 11) is 0. The molecule has 11 heteroatoms. The van der Waals surface area contributed by atoms with Crippen molar-refractivity contribution in [1.29, 1.82) is 0 Å². The second kappa shape index (κ2) is 10.5. The van der Waals surface area contributed by atoms with Crippen LogP contribution in [0.1, 0.15) is 47.2 Å². The molecule has 0 radical (unpaired) electrons. The number of aliphatic hydroxyl groups is 2. The van der Waals surface area contributed by atoms with E-state index in [0.717, 1.165) is 36.6 Å². The molecule has 2 atom stereocenters. The van der Waals surface area contributed by atoms with E-state index in [1.807, 2.05) is 6.07 Å². The molecule has 0 spiro atoms. The second-order valence-electron chi connectivity index (χ2n) is 9.46. The Bertz CT molecular complexity index is 1070. The van der Waals surface area contributed by atoms with Gasteiger partial charge in [0.25, 0.3) is 5.91 Å². The number of nitrogens with zero attached hydrogens (tertiary/aromatic N) is 2. The molecule has 2 heterocycles. The SMILES string of the molecule is O=C(CNC(=O)c1cccc(C(F)(F)F)c1)N[C@H]1CN(C2CCC(O)(c3cccnc3)CC2)C[C@@H]1O. The smallest absolute Gasteiger partial charge is 0.390 e. The Kier molecular flexibility index (Phi) is 7.62. The van der Waals surface area contributed by atoms with Gasteiger partial charge in [0.2, 0.25) is 5.91 Å². The van der Waals surface area contributed by atoms with Gasteiger partial charge in [0, 0.05) is 42.7 Å². The maximum Gasteiger partial charge on any atom is 0.416 e. The molecular weight excluding hydrogens is 477 g/mol. The average molecular weight is 507 g/mol. The number of β-amino-alcohol motifs (C(OH)–C–C–N with tert-alkyl or cyclic N) is 1. The van der Waals surface area contributed by atoms with Crippen LogP contribution in [-0.4, -0.2) is 69.7 Å². The monoisotopic (exact) mass is 506 g/mol. The van der Waals surface area contributed by atoms with Gasteiger partial charge in [-0.1, -0.05) is 12.1 Å². The highest BCUT2D eigenvalue weighted by molar-refractivity contribution is 5.96. The van der Waals surface area contributed by atoms with Crippen molar-refractivity contribution in [1.82, 2.24) is 20.5 Å². The molecule has 1 aromatic carbocycles. The van der Waals surface area contributed by atoms with Gasteiger partial charge >= 0.3 is 6.18 Å². The van der Waals surface area contributed by atoms with Crippen molar-refractivity contribution in [2.45, 2.75) is 55.6 Å². The van der Waals surface area contributed by atoms with E-state index in [0.29, 0.717) is 25.9 Å². The maximum atomic E-state index is 12.9. The molecule has 4 rings (SSSR count). The fourth-order valence-corrected chi connectivity index (χ4v) is 4.99. The summed E-state index contributed by atoms with van der Waals surface area (Å²) in [5.41, 5.74) is -1.28. The molecule has 1 aliphatic carbocycles. The van der Waals surface area contributed by atoms with E-state index in [1.165, 1.54) is 6.07 Å². The predicted octanol–water partition coefficient (Wildman–Crippen LogP) is 1.82. The van der Waals surface area contributed by atoms with Gasteiger partial charge in [-0.2, -0.15) is 13.2 Å². The van der Waals surface area contributed by atoms with Gasteiger partial charge < -0.3 is 20.8 Å². The minimum Gasteiger partial charge on any atom is -0.390 e. The number of carbonyl (C=O) groups is 2. The van der Waals surface area contributed by atoms with Crippen LogP contribution in [0.2, 0.25) is 0 Å². The standard InChI is InChI=1S/C25H29F3N4O4/c26-25(27,28)17-4-1-3-16(11-17)23(35)30-13-22(34)31-20-14-32(15-21(20)33)19-6-8-24(36,9-7-19)18-5-2-10-29-12-18/h1-5,10-12,19-21,33,36H,6-9,13-15H2,(H,30,35)(H,31,34)/t19?,20-,21-,24?/m0/s1. The van der Waals surface area contributed by atoms with Gasteiger partial charge in [-0.15, -0.1) is 0 Å². The fourth-order valence-electron chi connectivity index (χ4n) is 4.99. The molecule has 4 N–H and O–H groups in total. The van der Waals surface area contributed by atoms with E-state index in [2.05, 4.69) is 20.5 Å². The van der Waals surface area contributed by atoms with E-state index in [4.69, 9.17) is 0 Å². The number of alkyl halides is 3. The maximum absolute atomic E-state index is 12.9. The summed E-state index contributed by atoms with van der Waals surface area (Å²) in [6.07, 6.45) is 0.550. The number of likely N-dealkylation sites (tertiary alicyclic amines) is 1. The summed E-state index contributed by atoms with van der Waals surface area (Å²) in [4.78, 5) is 30.7. The van der Waals surface area contributed by atoms with Crippen molar-refractivity contribution < 1.29 is 33.0 Å². The Balaban J connectivity index is 1.25. The highest BCUT2D eigenvalue weighted by Crippen LogP contribution is 2.39. The van der Waals surface area contributed by atoms with Crippen molar-refractivity contribution in [2.75, 3.05) is 19.6 Å². The molecule has 0 bridgehead atoms. The molecule has 8 nitrogen and oxygen atoms in total. The third-order valence-corrected chi connectivity index (χ3v) is 7.02. The zero-order valence-electron chi connectivity index (χ0n) is 19.5. The predicted molar refractivity (Wildman–Crippen MR) is 124 cm³/mol. The first-order valence-corrected chi connectivity index (χ1v) is 11.8. The molecule has 194 valence electrons. The fraction of sp³-hybridized carbons (Fsp3) is 0.480. The Morgan fingerprint density at radius 2 is 1.89 bits per heavy atom. The molecule has 1 saturated carbocycles. The number of benzene rings is 1. The molecule has 1 aromatic heterocycles. The van der Waals surface area contributed by atoms with Gasteiger partial charge in [-0.05, 0) is 49.9 Å². The second-order valence-corrected chi connectivity index (χ2v) is 9.46. The lowest BCUT2D eigenvalue weighted by Gasteiger charge is -2.39. The number of aliphatic hydroxyl groups excluding tert-OH is 1. The van der Waals surface area contributed by atoms with Crippen molar-refractivity contribution in [2.24, 2.45) is 0 Å². The van der Waals surface area contributed by atoms with E-state index >= 15 is 0 Å². The number of hydrogen-bond acceptors (Lipinski definition) is 6. The van der Waals surface area contributed by atoms with Crippen molar-refractivity contribution in [3.8, 4) is 0 Å². The van der Waals surface area contributed by atoms with Crippen LogP contribution in [-0.2, 0) is 16.6 Å². The minimum atomic E-state index is -4.58. The number of pyridine rings is 1.